The highest BCUT2D eigenvalue weighted by molar-refractivity contribution is 5.56. The fourth-order valence-electron chi connectivity index (χ4n) is 1.52. The van der Waals surface area contributed by atoms with Crippen LogP contribution < -0.4 is 15.2 Å². The van der Waals surface area contributed by atoms with E-state index >= 15 is 0 Å². The monoisotopic (exact) mass is 229 g/mol. The van der Waals surface area contributed by atoms with Crippen molar-refractivity contribution in [3.05, 3.63) is 54.1 Å². The van der Waals surface area contributed by atoms with E-state index in [0.717, 1.165) is 11.3 Å². The molecule has 0 fully saturated rings. The van der Waals surface area contributed by atoms with Gasteiger partial charge in [0.2, 0.25) is 0 Å². The van der Waals surface area contributed by atoms with Crippen molar-refractivity contribution in [1.29, 1.82) is 0 Å². The first-order chi connectivity index (χ1) is 8.29. The van der Waals surface area contributed by atoms with Gasteiger partial charge in [0, 0.05) is 6.07 Å². The fraction of sp³-hybridized carbons (Fsp3) is 0.143. The Kier molecular flexibility index (Phi) is 3.50. The van der Waals surface area contributed by atoms with Gasteiger partial charge in [-0.3, -0.25) is 0 Å². The van der Waals surface area contributed by atoms with Crippen LogP contribution in [0, 0.1) is 0 Å². The SMILES string of the molecule is COc1ccc(OCc2ccccc2)c(N)c1. The normalized spacial score (nSPS) is 9.94. The molecule has 0 aromatic heterocycles. The summed E-state index contributed by atoms with van der Waals surface area (Å²) in [4.78, 5) is 0. The van der Waals surface area contributed by atoms with Gasteiger partial charge in [0.1, 0.15) is 18.1 Å². The second-order valence-electron chi connectivity index (χ2n) is 3.68. The maximum absolute atomic E-state index is 5.86. The van der Waals surface area contributed by atoms with Gasteiger partial charge in [-0.2, -0.15) is 0 Å². The van der Waals surface area contributed by atoms with Crippen molar-refractivity contribution in [2.75, 3.05) is 12.8 Å². The largest absolute Gasteiger partial charge is 0.497 e. The average molecular weight is 229 g/mol. The Morgan fingerprint density at radius 2 is 1.82 bits per heavy atom. The lowest BCUT2D eigenvalue weighted by Gasteiger charge is -2.10. The van der Waals surface area contributed by atoms with E-state index in [1.807, 2.05) is 42.5 Å². The molecule has 0 saturated heterocycles. The summed E-state index contributed by atoms with van der Waals surface area (Å²) >= 11 is 0. The predicted octanol–water partition coefficient (Wildman–Crippen LogP) is 2.86. The van der Waals surface area contributed by atoms with E-state index in [2.05, 4.69) is 0 Å². The van der Waals surface area contributed by atoms with Crippen molar-refractivity contribution in [2.45, 2.75) is 6.61 Å². The molecule has 2 aromatic rings. The summed E-state index contributed by atoms with van der Waals surface area (Å²) in [6.45, 7) is 0.511. The first-order valence-corrected chi connectivity index (χ1v) is 5.40. The summed E-state index contributed by atoms with van der Waals surface area (Å²) in [5, 5.41) is 0. The van der Waals surface area contributed by atoms with Gasteiger partial charge in [-0.15, -0.1) is 0 Å². The number of rotatable bonds is 4. The maximum Gasteiger partial charge on any atom is 0.142 e. The molecular formula is C14H15NO2. The predicted molar refractivity (Wildman–Crippen MR) is 68.2 cm³/mol. The second kappa shape index (κ2) is 5.25. The Labute approximate surface area is 101 Å². The quantitative estimate of drug-likeness (QED) is 0.820. The van der Waals surface area contributed by atoms with Crippen LogP contribution in [0.15, 0.2) is 48.5 Å². The Morgan fingerprint density at radius 3 is 2.47 bits per heavy atom. The van der Waals surface area contributed by atoms with Crippen LogP contribution in [0.1, 0.15) is 5.56 Å². The van der Waals surface area contributed by atoms with E-state index in [0.29, 0.717) is 18.0 Å². The molecule has 3 nitrogen and oxygen atoms in total. The van der Waals surface area contributed by atoms with Crippen molar-refractivity contribution in [3.8, 4) is 11.5 Å². The highest BCUT2D eigenvalue weighted by Gasteiger charge is 2.02. The molecule has 0 bridgehead atoms. The zero-order valence-electron chi connectivity index (χ0n) is 9.72. The molecule has 0 saturated carbocycles. The minimum absolute atomic E-state index is 0.511. The third-order valence-electron chi connectivity index (χ3n) is 2.45. The molecule has 0 spiro atoms. The standard InChI is InChI=1S/C14H15NO2/c1-16-12-7-8-14(13(15)9-12)17-10-11-5-3-2-4-6-11/h2-9H,10,15H2,1H3. The Balaban J connectivity index is 2.04. The van der Waals surface area contributed by atoms with Gasteiger partial charge in [-0.1, -0.05) is 30.3 Å². The molecule has 0 unspecified atom stereocenters. The van der Waals surface area contributed by atoms with E-state index < -0.39 is 0 Å². The number of hydrogen-bond donors (Lipinski definition) is 1. The summed E-state index contributed by atoms with van der Waals surface area (Å²) in [6.07, 6.45) is 0. The third-order valence-corrected chi connectivity index (χ3v) is 2.45. The van der Waals surface area contributed by atoms with Crippen molar-refractivity contribution in [3.63, 3.8) is 0 Å². The summed E-state index contributed by atoms with van der Waals surface area (Å²) in [6, 6.07) is 15.4. The Bertz CT molecular complexity index is 483. The van der Waals surface area contributed by atoms with Crippen LogP contribution >= 0.6 is 0 Å². The molecule has 17 heavy (non-hydrogen) atoms. The summed E-state index contributed by atoms with van der Waals surface area (Å²) in [7, 11) is 1.61. The Hall–Kier alpha value is -2.16. The topological polar surface area (TPSA) is 44.5 Å². The number of nitrogen functional groups attached to an aromatic ring is 1. The van der Waals surface area contributed by atoms with E-state index in [-0.39, 0.29) is 0 Å². The molecule has 0 heterocycles. The molecule has 0 aliphatic rings. The van der Waals surface area contributed by atoms with Gasteiger partial charge in [0.25, 0.3) is 0 Å². The first-order valence-electron chi connectivity index (χ1n) is 5.40. The number of ether oxygens (including phenoxy) is 2. The molecular weight excluding hydrogens is 214 g/mol. The van der Waals surface area contributed by atoms with Crippen LogP contribution in [-0.2, 0) is 6.61 Å². The van der Waals surface area contributed by atoms with Crippen LogP contribution in [0.5, 0.6) is 11.5 Å². The number of benzene rings is 2. The lowest BCUT2D eigenvalue weighted by molar-refractivity contribution is 0.307. The van der Waals surface area contributed by atoms with Crippen molar-refractivity contribution in [2.24, 2.45) is 0 Å². The van der Waals surface area contributed by atoms with E-state index in [1.54, 1.807) is 13.2 Å². The van der Waals surface area contributed by atoms with E-state index in [1.165, 1.54) is 0 Å². The molecule has 0 atom stereocenters. The molecule has 0 aliphatic heterocycles. The van der Waals surface area contributed by atoms with Crippen molar-refractivity contribution in [1.82, 2.24) is 0 Å². The van der Waals surface area contributed by atoms with Crippen LogP contribution in [-0.4, -0.2) is 7.11 Å². The maximum atomic E-state index is 5.86. The highest BCUT2D eigenvalue weighted by atomic mass is 16.5. The molecule has 2 rings (SSSR count). The van der Waals surface area contributed by atoms with Crippen molar-refractivity contribution < 1.29 is 9.47 Å². The van der Waals surface area contributed by atoms with Gasteiger partial charge < -0.3 is 15.2 Å². The highest BCUT2D eigenvalue weighted by Crippen LogP contribution is 2.26. The zero-order valence-corrected chi connectivity index (χ0v) is 9.72. The van der Waals surface area contributed by atoms with Crippen molar-refractivity contribution >= 4 is 5.69 Å². The number of hydrogen-bond acceptors (Lipinski definition) is 3. The second-order valence-corrected chi connectivity index (χ2v) is 3.68. The third kappa shape index (κ3) is 2.91. The lowest BCUT2D eigenvalue weighted by atomic mass is 10.2. The van der Waals surface area contributed by atoms with Crippen LogP contribution in [0.4, 0.5) is 5.69 Å². The zero-order chi connectivity index (χ0) is 12.1. The fourth-order valence-corrected chi connectivity index (χ4v) is 1.52. The molecule has 0 amide bonds. The molecule has 0 aliphatic carbocycles. The van der Waals surface area contributed by atoms with Crippen LogP contribution in [0.25, 0.3) is 0 Å². The number of methoxy groups -OCH3 is 1. The smallest absolute Gasteiger partial charge is 0.142 e. The first kappa shape index (κ1) is 11.3. The number of nitrogens with two attached hydrogens (primary N) is 1. The molecule has 0 radical (unpaired) electrons. The number of anilines is 1. The summed E-state index contributed by atoms with van der Waals surface area (Å²) in [5.41, 5.74) is 7.55. The van der Waals surface area contributed by atoms with E-state index in [4.69, 9.17) is 15.2 Å². The minimum Gasteiger partial charge on any atom is -0.497 e. The summed E-state index contributed by atoms with van der Waals surface area (Å²) in [5.74, 6) is 1.41. The van der Waals surface area contributed by atoms with Crippen LogP contribution in [0.3, 0.4) is 0 Å². The molecule has 3 heteroatoms. The van der Waals surface area contributed by atoms with Gasteiger partial charge in [0.15, 0.2) is 0 Å². The molecule has 2 aromatic carbocycles. The average Bonchev–Trinajstić information content (AvgIpc) is 2.38. The van der Waals surface area contributed by atoms with Gasteiger partial charge in [-0.05, 0) is 17.7 Å². The molecule has 2 N–H and O–H groups in total. The van der Waals surface area contributed by atoms with Crippen LogP contribution in [0.2, 0.25) is 0 Å². The Morgan fingerprint density at radius 1 is 1.06 bits per heavy atom. The van der Waals surface area contributed by atoms with Gasteiger partial charge >= 0.3 is 0 Å². The summed E-state index contributed by atoms with van der Waals surface area (Å²) < 4.78 is 10.7. The minimum atomic E-state index is 0.511. The molecule has 88 valence electrons. The lowest BCUT2D eigenvalue weighted by Crippen LogP contribution is -1.98. The van der Waals surface area contributed by atoms with E-state index in [9.17, 15) is 0 Å². The van der Waals surface area contributed by atoms with Gasteiger partial charge in [0.05, 0.1) is 12.8 Å². The van der Waals surface area contributed by atoms with Gasteiger partial charge in [-0.25, -0.2) is 0 Å².